The van der Waals surface area contributed by atoms with Gasteiger partial charge in [0.15, 0.2) is 0 Å². The fraction of sp³-hybridized carbons (Fsp3) is 0.619. The maximum absolute atomic E-state index is 12.2. The maximum atomic E-state index is 12.2. The van der Waals surface area contributed by atoms with E-state index in [1.807, 2.05) is 24.3 Å². The zero-order chi connectivity index (χ0) is 19.0. The van der Waals surface area contributed by atoms with E-state index in [2.05, 4.69) is 36.7 Å². The highest BCUT2D eigenvalue weighted by Crippen LogP contribution is 2.22. The molecule has 0 spiro atoms. The standard InChI is InChI=1S/C21H33N3O2.ClH/c1-21(2,3)18-8-6-17(7-9-18)20(26)24-14-11-19(25)23-13-10-16-5-4-12-22-15-16;/h6-9,16,22H,4-5,10-15H2,1-3H3,(H,23,25)(H,24,26);1H. The van der Waals surface area contributed by atoms with Gasteiger partial charge in [0.1, 0.15) is 0 Å². The van der Waals surface area contributed by atoms with Gasteiger partial charge in [-0.15, -0.1) is 12.4 Å². The van der Waals surface area contributed by atoms with Crippen LogP contribution in [0.25, 0.3) is 0 Å². The first-order valence-corrected chi connectivity index (χ1v) is 9.72. The molecule has 27 heavy (non-hydrogen) atoms. The number of rotatable bonds is 7. The second-order valence-corrected chi connectivity index (χ2v) is 8.18. The van der Waals surface area contributed by atoms with E-state index in [9.17, 15) is 9.59 Å². The van der Waals surface area contributed by atoms with E-state index >= 15 is 0 Å². The number of amides is 2. The highest BCUT2D eigenvalue weighted by Gasteiger charge is 2.15. The summed E-state index contributed by atoms with van der Waals surface area (Å²) in [6, 6.07) is 7.66. The molecule has 1 aromatic rings. The van der Waals surface area contributed by atoms with Crippen LogP contribution >= 0.6 is 12.4 Å². The van der Waals surface area contributed by atoms with Gasteiger partial charge in [-0.25, -0.2) is 0 Å². The number of carbonyl (C=O) groups is 2. The van der Waals surface area contributed by atoms with Crippen molar-refractivity contribution < 1.29 is 9.59 Å². The van der Waals surface area contributed by atoms with Crippen LogP contribution in [0.2, 0.25) is 0 Å². The third-order valence-corrected chi connectivity index (χ3v) is 4.92. The van der Waals surface area contributed by atoms with Gasteiger partial charge in [0.25, 0.3) is 5.91 Å². The summed E-state index contributed by atoms with van der Waals surface area (Å²) >= 11 is 0. The smallest absolute Gasteiger partial charge is 0.251 e. The Labute approximate surface area is 169 Å². The predicted molar refractivity (Wildman–Crippen MR) is 113 cm³/mol. The van der Waals surface area contributed by atoms with E-state index in [1.54, 1.807) is 0 Å². The SMILES string of the molecule is CC(C)(C)c1ccc(C(=O)NCCC(=O)NCCC2CCCNC2)cc1.Cl. The van der Waals surface area contributed by atoms with Crippen molar-refractivity contribution in [2.75, 3.05) is 26.2 Å². The number of carbonyl (C=O) groups excluding carboxylic acids is 2. The summed E-state index contributed by atoms with van der Waals surface area (Å²) in [5.74, 6) is 0.531. The molecule has 0 saturated carbocycles. The molecule has 1 atom stereocenters. The van der Waals surface area contributed by atoms with Crippen LogP contribution in [0.4, 0.5) is 0 Å². The Morgan fingerprint density at radius 1 is 1.11 bits per heavy atom. The van der Waals surface area contributed by atoms with E-state index in [0.29, 0.717) is 31.0 Å². The number of nitrogens with one attached hydrogen (secondary N) is 3. The summed E-state index contributed by atoms with van der Waals surface area (Å²) in [5, 5.41) is 9.15. The molecule has 2 amide bonds. The van der Waals surface area contributed by atoms with Gasteiger partial charge >= 0.3 is 0 Å². The van der Waals surface area contributed by atoms with Crippen LogP contribution in [0.15, 0.2) is 24.3 Å². The minimum Gasteiger partial charge on any atom is -0.356 e. The molecular weight excluding hydrogens is 362 g/mol. The number of hydrogen-bond acceptors (Lipinski definition) is 3. The molecule has 5 nitrogen and oxygen atoms in total. The van der Waals surface area contributed by atoms with Crippen molar-refractivity contribution in [2.45, 2.75) is 51.9 Å². The number of hydrogen-bond donors (Lipinski definition) is 3. The van der Waals surface area contributed by atoms with Gasteiger partial charge in [-0.1, -0.05) is 32.9 Å². The third kappa shape index (κ3) is 8.31. The Hall–Kier alpha value is -1.59. The van der Waals surface area contributed by atoms with Crippen molar-refractivity contribution in [2.24, 2.45) is 5.92 Å². The Balaban J connectivity index is 0.00000364. The van der Waals surface area contributed by atoms with Crippen molar-refractivity contribution in [1.82, 2.24) is 16.0 Å². The van der Waals surface area contributed by atoms with Gasteiger partial charge in [-0.3, -0.25) is 9.59 Å². The molecule has 0 bridgehead atoms. The Bertz CT molecular complexity index is 590. The van der Waals surface area contributed by atoms with Crippen LogP contribution in [0.3, 0.4) is 0 Å². The lowest BCUT2D eigenvalue weighted by Gasteiger charge is -2.22. The molecule has 152 valence electrons. The number of halogens is 1. The van der Waals surface area contributed by atoms with Crippen LogP contribution in [-0.2, 0) is 10.2 Å². The predicted octanol–water partition coefficient (Wildman–Crippen LogP) is 3.03. The lowest BCUT2D eigenvalue weighted by molar-refractivity contribution is -0.121. The summed E-state index contributed by atoms with van der Waals surface area (Å²) in [6.07, 6.45) is 3.80. The third-order valence-electron chi connectivity index (χ3n) is 4.92. The van der Waals surface area contributed by atoms with E-state index < -0.39 is 0 Å². The van der Waals surface area contributed by atoms with Crippen molar-refractivity contribution >= 4 is 24.2 Å². The Morgan fingerprint density at radius 3 is 2.41 bits per heavy atom. The topological polar surface area (TPSA) is 70.2 Å². The molecule has 0 radical (unpaired) electrons. The van der Waals surface area contributed by atoms with E-state index in [1.165, 1.54) is 18.4 Å². The highest BCUT2D eigenvalue weighted by molar-refractivity contribution is 5.94. The van der Waals surface area contributed by atoms with Crippen LogP contribution < -0.4 is 16.0 Å². The molecule has 1 saturated heterocycles. The first-order valence-electron chi connectivity index (χ1n) is 9.72. The van der Waals surface area contributed by atoms with E-state index in [0.717, 1.165) is 19.5 Å². The number of piperidine rings is 1. The van der Waals surface area contributed by atoms with Crippen LogP contribution in [-0.4, -0.2) is 38.0 Å². The summed E-state index contributed by atoms with van der Waals surface area (Å²) in [4.78, 5) is 24.0. The lowest BCUT2D eigenvalue weighted by atomic mass is 9.87. The zero-order valence-corrected chi connectivity index (χ0v) is 17.6. The van der Waals surface area contributed by atoms with Gasteiger partial charge < -0.3 is 16.0 Å². The van der Waals surface area contributed by atoms with E-state index in [-0.39, 0.29) is 29.6 Å². The first-order chi connectivity index (χ1) is 12.4. The molecule has 1 fully saturated rings. The molecule has 2 rings (SSSR count). The zero-order valence-electron chi connectivity index (χ0n) is 16.8. The lowest BCUT2D eigenvalue weighted by Crippen LogP contribution is -2.34. The quantitative estimate of drug-likeness (QED) is 0.664. The molecule has 6 heteroatoms. The average Bonchev–Trinajstić information content (AvgIpc) is 2.62. The average molecular weight is 396 g/mol. The normalized spacial score (nSPS) is 16.9. The number of benzene rings is 1. The largest absolute Gasteiger partial charge is 0.356 e. The summed E-state index contributed by atoms with van der Waals surface area (Å²) in [5.41, 5.74) is 1.89. The second-order valence-electron chi connectivity index (χ2n) is 8.18. The monoisotopic (exact) mass is 395 g/mol. The van der Waals surface area contributed by atoms with Crippen molar-refractivity contribution in [3.8, 4) is 0 Å². The second kappa shape index (κ2) is 11.3. The van der Waals surface area contributed by atoms with Crippen LogP contribution in [0.1, 0.15) is 62.4 Å². The summed E-state index contributed by atoms with van der Waals surface area (Å²) in [7, 11) is 0. The molecule has 1 heterocycles. The minimum atomic E-state index is -0.133. The molecule has 1 aliphatic heterocycles. The Kier molecular flexibility index (Phi) is 9.81. The molecule has 1 unspecified atom stereocenters. The maximum Gasteiger partial charge on any atom is 0.251 e. The molecule has 1 aromatic carbocycles. The molecule has 1 aliphatic rings. The van der Waals surface area contributed by atoms with Crippen molar-refractivity contribution in [3.05, 3.63) is 35.4 Å². The summed E-state index contributed by atoms with van der Waals surface area (Å²) in [6.45, 7) is 9.67. The van der Waals surface area contributed by atoms with Gasteiger partial charge in [0.05, 0.1) is 0 Å². The first kappa shape index (κ1) is 23.4. The Morgan fingerprint density at radius 2 is 1.81 bits per heavy atom. The minimum absolute atomic E-state index is 0. The fourth-order valence-corrected chi connectivity index (χ4v) is 3.19. The van der Waals surface area contributed by atoms with E-state index in [4.69, 9.17) is 0 Å². The fourth-order valence-electron chi connectivity index (χ4n) is 3.19. The molecule has 0 aliphatic carbocycles. The molecule has 0 aromatic heterocycles. The summed E-state index contributed by atoms with van der Waals surface area (Å²) < 4.78 is 0. The van der Waals surface area contributed by atoms with Gasteiger partial charge in [-0.05, 0) is 61.4 Å². The van der Waals surface area contributed by atoms with Gasteiger partial charge in [0.2, 0.25) is 5.91 Å². The molecule has 3 N–H and O–H groups in total. The van der Waals surface area contributed by atoms with Crippen LogP contribution in [0, 0.1) is 5.92 Å². The van der Waals surface area contributed by atoms with Crippen molar-refractivity contribution in [1.29, 1.82) is 0 Å². The van der Waals surface area contributed by atoms with Crippen LogP contribution in [0.5, 0.6) is 0 Å². The van der Waals surface area contributed by atoms with Gasteiger partial charge in [-0.2, -0.15) is 0 Å². The van der Waals surface area contributed by atoms with Gasteiger partial charge in [0, 0.05) is 25.1 Å². The van der Waals surface area contributed by atoms with Crippen molar-refractivity contribution in [3.63, 3.8) is 0 Å². The molecular formula is C21H34ClN3O2. The highest BCUT2D eigenvalue weighted by atomic mass is 35.5.